The van der Waals surface area contributed by atoms with Crippen LogP contribution in [0.4, 0.5) is 10.3 Å². The molecule has 3 heterocycles. The van der Waals surface area contributed by atoms with Gasteiger partial charge in [0.15, 0.2) is 5.96 Å². The molecule has 1 saturated heterocycles. The van der Waals surface area contributed by atoms with Crippen LogP contribution in [0.2, 0.25) is 0 Å². The molecule has 8 nitrogen and oxygen atoms in total. The zero-order valence-electron chi connectivity index (χ0n) is 18.5. The van der Waals surface area contributed by atoms with E-state index in [9.17, 15) is 4.39 Å². The minimum Gasteiger partial charge on any atom is -0.361 e. The highest BCUT2D eigenvalue weighted by atomic mass is 19.1. The predicted octanol–water partition coefficient (Wildman–Crippen LogP) is 2.02. The monoisotopic (exact) mass is 438 g/mol. The lowest BCUT2D eigenvalue weighted by atomic mass is 10.1. The number of nitrogens with one attached hydrogen (secondary N) is 3. The van der Waals surface area contributed by atoms with E-state index in [0.29, 0.717) is 0 Å². The molecule has 0 spiro atoms. The number of fused-ring (bicyclic) bond motifs is 1. The Morgan fingerprint density at radius 3 is 2.69 bits per heavy atom. The molecule has 1 aromatic carbocycles. The quantitative estimate of drug-likeness (QED) is 0.284. The van der Waals surface area contributed by atoms with Crippen molar-refractivity contribution in [1.29, 1.82) is 0 Å². The van der Waals surface area contributed by atoms with E-state index in [2.05, 4.69) is 40.4 Å². The van der Waals surface area contributed by atoms with Crippen molar-refractivity contribution in [3.8, 4) is 0 Å². The number of aromatic amines is 1. The number of anilines is 1. The predicted molar refractivity (Wildman–Crippen MR) is 127 cm³/mol. The highest BCUT2D eigenvalue weighted by Gasteiger charge is 2.18. The largest absolute Gasteiger partial charge is 0.361 e. The Labute approximate surface area is 188 Å². The first kappa shape index (κ1) is 22.0. The lowest BCUT2D eigenvalue weighted by Crippen LogP contribution is -2.47. The van der Waals surface area contributed by atoms with Crippen LogP contribution in [0.3, 0.4) is 0 Å². The normalized spacial score (nSPS) is 15.3. The van der Waals surface area contributed by atoms with Gasteiger partial charge in [0.25, 0.3) is 0 Å². The maximum atomic E-state index is 13.5. The fourth-order valence-electron chi connectivity index (χ4n) is 4.03. The highest BCUT2D eigenvalue weighted by Crippen LogP contribution is 2.19. The van der Waals surface area contributed by atoms with Gasteiger partial charge in [-0.1, -0.05) is 0 Å². The minimum absolute atomic E-state index is 0.210. The Bertz CT molecular complexity index is 1010. The van der Waals surface area contributed by atoms with E-state index in [1.165, 1.54) is 6.07 Å². The van der Waals surface area contributed by atoms with E-state index in [1.54, 1.807) is 31.6 Å². The van der Waals surface area contributed by atoms with E-state index in [0.717, 1.165) is 87.0 Å². The van der Waals surface area contributed by atoms with Gasteiger partial charge in [0.05, 0.1) is 0 Å². The molecule has 9 heteroatoms. The SMILES string of the molecule is CN=C(NCCCN1CCN(c2ncccn2)CC1)NCCc1c[nH]c2ccc(F)cc12. The summed E-state index contributed by atoms with van der Waals surface area (Å²) in [7, 11) is 1.78. The van der Waals surface area contributed by atoms with Crippen LogP contribution in [-0.2, 0) is 6.42 Å². The number of guanidine groups is 1. The van der Waals surface area contributed by atoms with Crippen molar-refractivity contribution < 1.29 is 4.39 Å². The van der Waals surface area contributed by atoms with E-state index < -0.39 is 0 Å². The molecule has 1 aliphatic rings. The molecule has 1 aliphatic heterocycles. The smallest absolute Gasteiger partial charge is 0.225 e. The van der Waals surface area contributed by atoms with Crippen LogP contribution < -0.4 is 15.5 Å². The van der Waals surface area contributed by atoms with Crippen molar-refractivity contribution in [3.05, 3.63) is 54.2 Å². The third-order valence-electron chi connectivity index (χ3n) is 5.79. The van der Waals surface area contributed by atoms with Gasteiger partial charge in [-0.2, -0.15) is 0 Å². The van der Waals surface area contributed by atoms with Gasteiger partial charge in [-0.25, -0.2) is 14.4 Å². The van der Waals surface area contributed by atoms with Crippen molar-refractivity contribution in [3.63, 3.8) is 0 Å². The summed E-state index contributed by atoms with van der Waals surface area (Å²) in [5.74, 6) is 1.40. The molecule has 0 amide bonds. The molecular weight excluding hydrogens is 407 g/mol. The number of hydrogen-bond donors (Lipinski definition) is 3. The zero-order chi connectivity index (χ0) is 22.2. The second kappa shape index (κ2) is 10.9. The van der Waals surface area contributed by atoms with Crippen LogP contribution in [-0.4, -0.2) is 78.7 Å². The molecule has 0 atom stereocenters. The van der Waals surface area contributed by atoms with Gasteiger partial charge in [-0.05, 0) is 49.2 Å². The number of hydrogen-bond acceptors (Lipinski definition) is 5. The number of aromatic nitrogens is 3. The van der Waals surface area contributed by atoms with Gasteiger partial charge < -0.3 is 20.5 Å². The van der Waals surface area contributed by atoms with Crippen molar-refractivity contribution in [1.82, 2.24) is 30.5 Å². The van der Waals surface area contributed by atoms with Crippen LogP contribution in [0.25, 0.3) is 10.9 Å². The van der Waals surface area contributed by atoms with Crippen molar-refractivity contribution in [2.24, 2.45) is 4.99 Å². The van der Waals surface area contributed by atoms with Crippen LogP contribution in [0.1, 0.15) is 12.0 Å². The van der Waals surface area contributed by atoms with Crippen molar-refractivity contribution in [2.75, 3.05) is 57.8 Å². The summed E-state index contributed by atoms with van der Waals surface area (Å²) in [5.41, 5.74) is 2.06. The molecule has 0 bridgehead atoms. The summed E-state index contributed by atoms with van der Waals surface area (Å²) >= 11 is 0. The summed E-state index contributed by atoms with van der Waals surface area (Å²) in [6.45, 7) is 6.60. The number of rotatable bonds is 8. The maximum absolute atomic E-state index is 13.5. The van der Waals surface area contributed by atoms with Crippen LogP contribution in [0.5, 0.6) is 0 Å². The molecule has 32 heavy (non-hydrogen) atoms. The van der Waals surface area contributed by atoms with Gasteiger partial charge in [0, 0.05) is 75.8 Å². The highest BCUT2D eigenvalue weighted by molar-refractivity contribution is 5.83. The fraction of sp³-hybridized carbons (Fsp3) is 0.435. The summed E-state index contributed by atoms with van der Waals surface area (Å²) in [6.07, 6.45) is 7.37. The molecule has 0 radical (unpaired) electrons. The molecule has 170 valence electrons. The Kier molecular flexibility index (Phi) is 7.50. The molecule has 0 aliphatic carbocycles. The van der Waals surface area contributed by atoms with Crippen molar-refractivity contribution >= 4 is 22.8 Å². The molecule has 3 N–H and O–H groups in total. The first-order valence-electron chi connectivity index (χ1n) is 11.2. The van der Waals surface area contributed by atoms with Gasteiger partial charge in [-0.15, -0.1) is 0 Å². The van der Waals surface area contributed by atoms with Gasteiger partial charge in [0.2, 0.25) is 5.95 Å². The average molecular weight is 439 g/mol. The van der Waals surface area contributed by atoms with E-state index in [-0.39, 0.29) is 5.82 Å². The number of H-pyrrole nitrogens is 1. The number of aliphatic imine (C=N–C) groups is 1. The van der Waals surface area contributed by atoms with Crippen LogP contribution in [0, 0.1) is 5.82 Å². The lowest BCUT2D eigenvalue weighted by molar-refractivity contribution is 0.254. The molecule has 2 aromatic heterocycles. The first-order chi connectivity index (χ1) is 15.7. The van der Waals surface area contributed by atoms with E-state index >= 15 is 0 Å². The molecular formula is C23H31FN8. The van der Waals surface area contributed by atoms with Gasteiger partial charge in [0.1, 0.15) is 5.82 Å². The Hall–Kier alpha value is -3.20. The standard InChI is InChI=1S/C23H31FN8/c1-25-22(27-10-6-18-17-30-21-5-4-19(24)16-20(18)21)26-9-3-11-31-12-14-32(15-13-31)23-28-7-2-8-29-23/h2,4-5,7-8,16-17,30H,3,6,9-15H2,1H3,(H2,25,26,27). The van der Waals surface area contributed by atoms with Gasteiger partial charge >= 0.3 is 0 Å². The molecule has 0 unspecified atom stereocenters. The summed E-state index contributed by atoms with van der Waals surface area (Å²) in [6, 6.07) is 6.68. The summed E-state index contributed by atoms with van der Waals surface area (Å²) in [4.78, 5) is 20.9. The number of piperazine rings is 1. The minimum atomic E-state index is -0.210. The fourth-order valence-corrected chi connectivity index (χ4v) is 4.03. The Morgan fingerprint density at radius 2 is 1.91 bits per heavy atom. The maximum Gasteiger partial charge on any atom is 0.225 e. The molecule has 4 rings (SSSR count). The zero-order valence-corrected chi connectivity index (χ0v) is 18.5. The number of halogens is 1. The third kappa shape index (κ3) is 5.73. The summed E-state index contributed by atoms with van der Waals surface area (Å²) < 4.78 is 13.5. The first-order valence-corrected chi connectivity index (χ1v) is 11.2. The lowest BCUT2D eigenvalue weighted by Gasteiger charge is -2.34. The van der Waals surface area contributed by atoms with Crippen LogP contribution in [0.15, 0.2) is 47.8 Å². The Balaban J connectivity index is 1.12. The van der Waals surface area contributed by atoms with E-state index in [1.807, 2.05) is 12.3 Å². The molecule has 0 saturated carbocycles. The van der Waals surface area contributed by atoms with Crippen molar-refractivity contribution in [2.45, 2.75) is 12.8 Å². The average Bonchev–Trinajstić information content (AvgIpc) is 3.23. The molecule has 1 fully saturated rings. The topological polar surface area (TPSA) is 84.5 Å². The van der Waals surface area contributed by atoms with Crippen LogP contribution >= 0.6 is 0 Å². The second-order valence-electron chi connectivity index (χ2n) is 7.91. The van der Waals surface area contributed by atoms with Gasteiger partial charge in [-0.3, -0.25) is 9.89 Å². The second-order valence-corrected chi connectivity index (χ2v) is 7.91. The molecule has 3 aromatic rings. The summed E-state index contributed by atoms with van der Waals surface area (Å²) in [5, 5.41) is 7.67. The number of nitrogens with zero attached hydrogens (tertiary/aromatic N) is 5. The number of benzene rings is 1. The van der Waals surface area contributed by atoms with E-state index in [4.69, 9.17) is 0 Å². The Morgan fingerprint density at radius 1 is 1.12 bits per heavy atom. The third-order valence-corrected chi connectivity index (χ3v) is 5.79.